The molecule has 7 heteroatoms. The van der Waals surface area contributed by atoms with Gasteiger partial charge in [-0.25, -0.2) is 10.8 Å². The molecule has 1 aliphatic heterocycles. The second kappa shape index (κ2) is 8.25. The van der Waals surface area contributed by atoms with Crippen LogP contribution >= 0.6 is 23.2 Å². The average Bonchev–Trinajstić information content (AvgIpc) is 2.74. The molecule has 146 valence electrons. The lowest BCUT2D eigenvalue weighted by molar-refractivity contribution is -0.121. The van der Waals surface area contributed by atoms with Gasteiger partial charge in [-0.3, -0.25) is 10.2 Å². The van der Waals surface area contributed by atoms with Gasteiger partial charge in [0.05, 0.1) is 11.7 Å². The summed E-state index contributed by atoms with van der Waals surface area (Å²) in [5.41, 5.74) is 5.81. The number of benzene rings is 3. The molecule has 0 aliphatic carbocycles. The first-order valence-electron chi connectivity index (χ1n) is 9.02. The highest BCUT2D eigenvalue weighted by molar-refractivity contribution is 6.31. The molecule has 29 heavy (non-hydrogen) atoms. The Balaban J connectivity index is 1.94. The Bertz CT molecular complexity index is 1070. The first-order valence-corrected chi connectivity index (χ1v) is 9.77. The zero-order valence-corrected chi connectivity index (χ0v) is 16.9. The molecule has 3 aromatic rings. The number of aliphatic imine (C=N–C) groups is 1. The molecule has 0 spiro atoms. The van der Waals surface area contributed by atoms with Crippen LogP contribution in [0.5, 0.6) is 0 Å². The lowest BCUT2D eigenvalue weighted by Crippen LogP contribution is -2.46. The molecule has 1 heterocycles. The number of nitrogens with zero attached hydrogens (tertiary/aromatic N) is 2. The largest absolute Gasteiger partial charge is 0.336 e. The van der Waals surface area contributed by atoms with Crippen molar-refractivity contribution in [3.05, 3.63) is 99.5 Å². The van der Waals surface area contributed by atoms with Gasteiger partial charge in [0.2, 0.25) is 0 Å². The van der Waals surface area contributed by atoms with E-state index in [1.807, 2.05) is 65.6 Å². The van der Waals surface area contributed by atoms with Gasteiger partial charge in [-0.05, 0) is 48.0 Å². The van der Waals surface area contributed by atoms with Gasteiger partial charge in [-0.15, -0.1) is 0 Å². The number of hydrogen-bond acceptors (Lipinski definition) is 4. The van der Waals surface area contributed by atoms with E-state index >= 15 is 0 Å². The summed E-state index contributed by atoms with van der Waals surface area (Å²) in [6.45, 7) is 0.0312. The van der Waals surface area contributed by atoms with E-state index in [1.165, 1.54) is 0 Å². The van der Waals surface area contributed by atoms with Gasteiger partial charge in [-0.2, -0.15) is 0 Å². The molecule has 5 nitrogen and oxygen atoms in total. The van der Waals surface area contributed by atoms with Crippen molar-refractivity contribution in [3.8, 4) is 0 Å². The van der Waals surface area contributed by atoms with E-state index in [9.17, 15) is 4.79 Å². The number of rotatable bonds is 4. The SMILES string of the molecule is NNC(=O)CN1C(c2ccc(Cl)cc2)=Nc2ccc(Cl)cc2C1c1ccccc1. The summed E-state index contributed by atoms with van der Waals surface area (Å²) < 4.78 is 0. The molecular formula is C22H18Cl2N4O. The van der Waals surface area contributed by atoms with E-state index in [4.69, 9.17) is 34.0 Å². The average molecular weight is 425 g/mol. The van der Waals surface area contributed by atoms with Gasteiger partial charge in [-0.1, -0.05) is 53.5 Å². The molecule has 1 unspecified atom stereocenters. The van der Waals surface area contributed by atoms with E-state index in [2.05, 4.69) is 5.43 Å². The van der Waals surface area contributed by atoms with Gasteiger partial charge in [0.25, 0.3) is 5.91 Å². The van der Waals surface area contributed by atoms with Gasteiger partial charge in [0.1, 0.15) is 12.4 Å². The fourth-order valence-electron chi connectivity index (χ4n) is 3.51. The van der Waals surface area contributed by atoms with Crippen molar-refractivity contribution >= 4 is 40.6 Å². The molecule has 0 saturated carbocycles. The predicted molar refractivity (Wildman–Crippen MR) is 116 cm³/mol. The predicted octanol–water partition coefficient (Wildman–Crippen LogP) is 4.47. The summed E-state index contributed by atoms with van der Waals surface area (Å²) in [4.78, 5) is 19.1. The minimum Gasteiger partial charge on any atom is -0.336 e. The van der Waals surface area contributed by atoms with E-state index in [1.54, 1.807) is 12.1 Å². The highest BCUT2D eigenvalue weighted by atomic mass is 35.5. The molecule has 1 atom stereocenters. The lowest BCUT2D eigenvalue weighted by Gasteiger charge is -2.38. The van der Waals surface area contributed by atoms with E-state index < -0.39 is 0 Å². The first kappa shape index (κ1) is 19.5. The lowest BCUT2D eigenvalue weighted by atomic mass is 9.93. The smallest absolute Gasteiger partial charge is 0.253 e. The zero-order valence-electron chi connectivity index (χ0n) is 15.3. The van der Waals surface area contributed by atoms with E-state index in [0.717, 1.165) is 22.4 Å². The van der Waals surface area contributed by atoms with Crippen LogP contribution in [-0.2, 0) is 4.79 Å². The van der Waals surface area contributed by atoms with Crippen molar-refractivity contribution < 1.29 is 4.79 Å². The van der Waals surface area contributed by atoms with Crippen molar-refractivity contribution in [2.45, 2.75) is 6.04 Å². The number of halogens is 2. The van der Waals surface area contributed by atoms with Crippen molar-refractivity contribution in [3.63, 3.8) is 0 Å². The topological polar surface area (TPSA) is 70.7 Å². The minimum absolute atomic E-state index is 0.0312. The molecule has 0 radical (unpaired) electrons. The number of hydrogen-bond donors (Lipinski definition) is 2. The van der Waals surface area contributed by atoms with Crippen LogP contribution in [0.25, 0.3) is 0 Å². The van der Waals surface area contributed by atoms with Crippen molar-refractivity contribution in [2.75, 3.05) is 6.54 Å². The quantitative estimate of drug-likeness (QED) is 0.368. The summed E-state index contributed by atoms with van der Waals surface area (Å²) in [6, 6.07) is 22.6. The molecule has 1 aliphatic rings. The summed E-state index contributed by atoms with van der Waals surface area (Å²) >= 11 is 12.4. The highest BCUT2D eigenvalue weighted by Gasteiger charge is 2.33. The van der Waals surface area contributed by atoms with Crippen LogP contribution in [-0.4, -0.2) is 23.2 Å². The first-order chi connectivity index (χ1) is 14.1. The zero-order chi connectivity index (χ0) is 20.4. The summed E-state index contributed by atoms with van der Waals surface area (Å²) in [6.07, 6.45) is 0. The van der Waals surface area contributed by atoms with Crippen LogP contribution in [0.4, 0.5) is 5.69 Å². The van der Waals surface area contributed by atoms with Crippen LogP contribution in [0.1, 0.15) is 22.7 Å². The maximum absolute atomic E-state index is 12.3. The minimum atomic E-state index is -0.321. The fourth-order valence-corrected chi connectivity index (χ4v) is 3.81. The molecule has 0 aromatic heterocycles. The van der Waals surface area contributed by atoms with Crippen LogP contribution in [0, 0.1) is 0 Å². The Morgan fingerprint density at radius 3 is 2.38 bits per heavy atom. The molecule has 0 saturated heterocycles. The van der Waals surface area contributed by atoms with Gasteiger partial charge in [0.15, 0.2) is 0 Å². The molecule has 0 fully saturated rings. The molecule has 4 rings (SSSR count). The summed E-state index contributed by atoms with van der Waals surface area (Å²) in [5, 5.41) is 1.24. The highest BCUT2D eigenvalue weighted by Crippen LogP contribution is 2.41. The number of nitrogens with two attached hydrogens (primary N) is 1. The Hall–Kier alpha value is -2.86. The van der Waals surface area contributed by atoms with Gasteiger partial charge >= 0.3 is 0 Å². The van der Waals surface area contributed by atoms with Gasteiger partial charge in [0, 0.05) is 21.2 Å². The molecule has 3 N–H and O–H groups in total. The standard InChI is InChI=1S/C22H18Cl2N4O/c23-16-8-6-15(7-9-16)22-26-19-11-10-17(24)12-18(19)21(14-4-2-1-3-5-14)28(22)13-20(29)27-25/h1-12,21H,13,25H2,(H,27,29). The third-order valence-electron chi connectivity index (χ3n) is 4.79. The van der Waals surface area contributed by atoms with E-state index in [-0.39, 0.29) is 18.5 Å². The Morgan fingerprint density at radius 2 is 1.69 bits per heavy atom. The van der Waals surface area contributed by atoms with Crippen molar-refractivity contribution in [1.82, 2.24) is 10.3 Å². The number of carbonyl (C=O) groups is 1. The number of hydrazine groups is 1. The summed E-state index contributed by atoms with van der Waals surface area (Å²) in [5.74, 6) is 5.73. The van der Waals surface area contributed by atoms with Gasteiger partial charge < -0.3 is 4.90 Å². The number of fused-ring (bicyclic) bond motifs is 1. The van der Waals surface area contributed by atoms with Crippen LogP contribution < -0.4 is 11.3 Å². The van der Waals surface area contributed by atoms with E-state index in [0.29, 0.717) is 15.9 Å². The number of amides is 1. The number of amidine groups is 1. The van der Waals surface area contributed by atoms with Crippen LogP contribution in [0.3, 0.4) is 0 Å². The second-order valence-corrected chi connectivity index (χ2v) is 7.53. The molecule has 3 aromatic carbocycles. The Labute approximate surface area is 178 Å². The Morgan fingerprint density at radius 1 is 1.00 bits per heavy atom. The van der Waals surface area contributed by atoms with Crippen LogP contribution in [0.15, 0.2) is 77.8 Å². The maximum atomic E-state index is 12.3. The maximum Gasteiger partial charge on any atom is 0.253 e. The fraction of sp³-hybridized carbons (Fsp3) is 0.0909. The third-order valence-corrected chi connectivity index (χ3v) is 5.27. The molecule has 0 bridgehead atoms. The number of carbonyl (C=O) groups excluding carboxylic acids is 1. The monoisotopic (exact) mass is 424 g/mol. The third kappa shape index (κ3) is 3.98. The number of nitrogens with one attached hydrogen (secondary N) is 1. The Kier molecular flexibility index (Phi) is 5.53. The second-order valence-electron chi connectivity index (χ2n) is 6.65. The van der Waals surface area contributed by atoms with Crippen molar-refractivity contribution in [2.24, 2.45) is 10.8 Å². The van der Waals surface area contributed by atoms with Crippen LogP contribution in [0.2, 0.25) is 10.0 Å². The molecule has 1 amide bonds. The van der Waals surface area contributed by atoms with Crippen molar-refractivity contribution in [1.29, 1.82) is 0 Å². The summed E-state index contributed by atoms with van der Waals surface area (Å²) in [7, 11) is 0. The molecular weight excluding hydrogens is 407 g/mol. The normalized spacial score (nSPS) is 15.5.